The number of nitro groups is 1. The highest BCUT2D eigenvalue weighted by Crippen LogP contribution is 2.28. The maximum atomic E-state index is 12.7. The Hall–Kier alpha value is -2.14. The van der Waals surface area contributed by atoms with Crippen molar-refractivity contribution in [3.63, 3.8) is 0 Å². The Bertz CT molecular complexity index is 601. The van der Waals surface area contributed by atoms with E-state index in [1.165, 1.54) is 42.5 Å². The molecule has 0 unspecified atom stereocenters. The zero-order chi connectivity index (χ0) is 13.8. The summed E-state index contributed by atoms with van der Waals surface area (Å²) in [5.41, 5.74) is 0.313. The van der Waals surface area contributed by atoms with Gasteiger partial charge in [0.2, 0.25) is 0 Å². The second kappa shape index (κ2) is 5.67. The molecule has 0 spiro atoms. The number of hydrogen-bond acceptors (Lipinski definition) is 3. The maximum Gasteiger partial charge on any atom is 0.274 e. The number of benzene rings is 2. The molecule has 98 valence electrons. The van der Waals surface area contributed by atoms with Crippen LogP contribution < -0.4 is 4.74 Å². The first-order valence-electron chi connectivity index (χ1n) is 5.37. The highest BCUT2D eigenvalue weighted by atomic mass is 35.5. The molecule has 2 aromatic carbocycles. The molecule has 0 aliphatic rings. The second-order valence-corrected chi connectivity index (χ2v) is 4.00. The van der Waals surface area contributed by atoms with Crippen LogP contribution in [0.15, 0.2) is 42.5 Å². The topological polar surface area (TPSA) is 52.4 Å². The Morgan fingerprint density at radius 3 is 2.37 bits per heavy atom. The lowest BCUT2D eigenvalue weighted by molar-refractivity contribution is -0.385. The van der Waals surface area contributed by atoms with E-state index in [1.807, 2.05) is 0 Å². The molecule has 0 amide bonds. The third kappa shape index (κ3) is 3.20. The first-order valence-corrected chi connectivity index (χ1v) is 5.90. The van der Waals surface area contributed by atoms with E-state index in [0.29, 0.717) is 17.1 Å². The van der Waals surface area contributed by atoms with E-state index in [2.05, 4.69) is 0 Å². The van der Waals surface area contributed by atoms with Gasteiger partial charge in [0.25, 0.3) is 5.69 Å². The standard InChI is InChI=1S/C13H9ClFNO3/c14-8-9-7-12(5-6-13(9)16(17)18)19-11-3-1-10(15)2-4-11/h1-7H,8H2. The fourth-order valence-corrected chi connectivity index (χ4v) is 1.76. The predicted octanol–water partition coefficient (Wildman–Crippen LogP) is 4.27. The number of nitro benzene ring substituents is 1. The average molecular weight is 282 g/mol. The largest absolute Gasteiger partial charge is 0.457 e. The van der Waals surface area contributed by atoms with Crippen molar-refractivity contribution in [2.75, 3.05) is 0 Å². The Labute approximate surface area is 113 Å². The fraction of sp³-hybridized carbons (Fsp3) is 0.0769. The van der Waals surface area contributed by atoms with Gasteiger partial charge in [-0.3, -0.25) is 10.1 Å². The van der Waals surface area contributed by atoms with Gasteiger partial charge in [-0.25, -0.2) is 4.39 Å². The van der Waals surface area contributed by atoms with Crippen molar-refractivity contribution in [1.29, 1.82) is 0 Å². The van der Waals surface area contributed by atoms with E-state index in [0.717, 1.165) is 0 Å². The predicted molar refractivity (Wildman–Crippen MR) is 69.1 cm³/mol. The third-order valence-electron chi connectivity index (χ3n) is 2.44. The summed E-state index contributed by atoms with van der Waals surface area (Å²) in [5.74, 6) is 0.498. The maximum absolute atomic E-state index is 12.7. The van der Waals surface area contributed by atoms with Crippen LogP contribution in [0, 0.1) is 15.9 Å². The van der Waals surface area contributed by atoms with Crippen molar-refractivity contribution in [1.82, 2.24) is 0 Å². The second-order valence-electron chi connectivity index (χ2n) is 3.74. The Kier molecular flexibility index (Phi) is 3.97. The molecule has 0 heterocycles. The lowest BCUT2D eigenvalue weighted by atomic mass is 10.2. The van der Waals surface area contributed by atoms with Crippen LogP contribution in [0.3, 0.4) is 0 Å². The molecule has 2 aromatic rings. The quantitative estimate of drug-likeness (QED) is 0.478. The Morgan fingerprint density at radius 2 is 1.79 bits per heavy atom. The number of halogens is 2. The van der Waals surface area contributed by atoms with Crippen molar-refractivity contribution in [2.24, 2.45) is 0 Å². The lowest BCUT2D eigenvalue weighted by Crippen LogP contribution is -1.94. The van der Waals surface area contributed by atoms with Gasteiger partial charge >= 0.3 is 0 Å². The van der Waals surface area contributed by atoms with Gasteiger partial charge in [-0.15, -0.1) is 11.6 Å². The van der Waals surface area contributed by atoms with Gasteiger partial charge in [0.15, 0.2) is 0 Å². The summed E-state index contributed by atoms with van der Waals surface area (Å²) in [7, 11) is 0. The molecule has 0 saturated carbocycles. The summed E-state index contributed by atoms with van der Waals surface area (Å²) < 4.78 is 18.2. The van der Waals surface area contributed by atoms with Crippen LogP contribution in [0.4, 0.5) is 10.1 Å². The summed E-state index contributed by atoms with van der Waals surface area (Å²) in [6.45, 7) is 0. The Morgan fingerprint density at radius 1 is 1.16 bits per heavy atom. The molecule has 4 nitrogen and oxygen atoms in total. The molecule has 0 aliphatic heterocycles. The summed E-state index contributed by atoms with van der Waals surface area (Å²) in [6, 6.07) is 9.77. The molecule has 0 atom stereocenters. The molecule has 2 rings (SSSR count). The van der Waals surface area contributed by atoms with Crippen molar-refractivity contribution in [2.45, 2.75) is 5.88 Å². The molecular weight excluding hydrogens is 273 g/mol. The highest BCUT2D eigenvalue weighted by Gasteiger charge is 2.13. The summed E-state index contributed by atoms with van der Waals surface area (Å²) in [5, 5.41) is 10.8. The smallest absolute Gasteiger partial charge is 0.274 e. The van der Waals surface area contributed by atoms with Crippen LogP contribution in [-0.2, 0) is 5.88 Å². The average Bonchev–Trinajstić information content (AvgIpc) is 2.41. The Balaban J connectivity index is 2.26. The molecule has 0 aliphatic carbocycles. The normalized spacial score (nSPS) is 10.2. The molecule has 6 heteroatoms. The van der Waals surface area contributed by atoms with E-state index in [1.54, 1.807) is 0 Å². The minimum atomic E-state index is -0.501. The summed E-state index contributed by atoms with van der Waals surface area (Å²) in [6.07, 6.45) is 0. The zero-order valence-electron chi connectivity index (χ0n) is 9.68. The molecule has 0 saturated heterocycles. The first-order chi connectivity index (χ1) is 9.10. The molecule has 0 radical (unpaired) electrons. The van der Waals surface area contributed by atoms with Crippen molar-refractivity contribution < 1.29 is 14.1 Å². The third-order valence-corrected chi connectivity index (χ3v) is 2.73. The summed E-state index contributed by atoms with van der Waals surface area (Å²) in [4.78, 5) is 10.3. The minimum Gasteiger partial charge on any atom is -0.457 e. The molecular formula is C13H9ClFNO3. The number of rotatable bonds is 4. The van der Waals surface area contributed by atoms with Crippen molar-refractivity contribution >= 4 is 17.3 Å². The van der Waals surface area contributed by atoms with Crippen LogP contribution in [0.5, 0.6) is 11.5 Å². The van der Waals surface area contributed by atoms with Gasteiger partial charge in [0.05, 0.1) is 10.8 Å². The van der Waals surface area contributed by atoms with Gasteiger partial charge in [-0.2, -0.15) is 0 Å². The molecule has 0 N–H and O–H groups in total. The lowest BCUT2D eigenvalue weighted by Gasteiger charge is -2.07. The van der Waals surface area contributed by atoms with Crippen LogP contribution in [0.25, 0.3) is 0 Å². The monoisotopic (exact) mass is 281 g/mol. The van der Waals surface area contributed by atoms with Crippen LogP contribution in [0.2, 0.25) is 0 Å². The van der Waals surface area contributed by atoms with E-state index in [-0.39, 0.29) is 17.4 Å². The molecule has 0 fully saturated rings. The SMILES string of the molecule is O=[N+]([O-])c1ccc(Oc2ccc(F)cc2)cc1CCl. The van der Waals surface area contributed by atoms with Crippen LogP contribution >= 0.6 is 11.6 Å². The number of hydrogen-bond donors (Lipinski definition) is 0. The highest BCUT2D eigenvalue weighted by molar-refractivity contribution is 6.17. The zero-order valence-corrected chi connectivity index (χ0v) is 10.4. The van der Waals surface area contributed by atoms with E-state index < -0.39 is 4.92 Å². The van der Waals surface area contributed by atoms with Crippen molar-refractivity contribution in [3.8, 4) is 11.5 Å². The van der Waals surface area contributed by atoms with E-state index in [9.17, 15) is 14.5 Å². The fourth-order valence-electron chi connectivity index (χ4n) is 1.55. The molecule has 0 bridgehead atoms. The van der Waals surface area contributed by atoms with E-state index >= 15 is 0 Å². The van der Waals surface area contributed by atoms with Gasteiger partial charge in [0.1, 0.15) is 17.3 Å². The number of nitrogens with zero attached hydrogens (tertiary/aromatic N) is 1. The molecule has 0 aromatic heterocycles. The van der Waals surface area contributed by atoms with Gasteiger partial charge in [0, 0.05) is 11.6 Å². The number of alkyl halides is 1. The molecule has 19 heavy (non-hydrogen) atoms. The minimum absolute atomic E-state index is 0.0108. The van der Waals surface area contributed by atoms with Gasteiger partial charge in [-0.1, -0.05) is 0 Å². The number of ether oxygens (including phenoxy) is 1. The van der Waals surface area contributed by atoms with Crippen molar-refractivity contribution in [3.05, 3.63) is 64.0 Å². The summed E-state index contributed by atoms with van der Waals surface area (Å²) >= 11 is 5.66. The van der Waals surface area contributed by atoms with Crippen LogP contribution in [0.1, 0.15) is 5.56 Å². The van der Waals surface area contributed by atoms with Gasteiger partial charge in [-0.05, 0) is 36.4 Å². The first kappa shape index (κ1) is 13.3. The van der Waals surface area contributed by atoms with Gasteiger partial charge < -0.3 is 4.74 Å². The van der Waals surface area contributed by atoms with Crippen LogP contribution in [-0.4, -0.2) is 4.92 Å². The van der Waals surface area contributed by atoms with E-state index in [4.69, 9.17) is 16.3 Å².